The summed E-state index contributed by atoms with van der Waals surface area (Å²) in [4.78, 5) is 26.4. The van der Waals surface area contributed by atoms with E-state index < -0.39 is 23.8 Å². The number of anilines is 1. The van der Waals surface area contributed by atoms with Crippen molar-refractivity contribution in [3.8, 4) is 16.9 Å². The second-order valence-electron chi connectivity index (χ2n) is 7.52. The monoisotopic (exact) mass is 495 g/mol. The van der Waals surface area contributed by atoms with Crippen LogP contribution in [0.5, 0.6) is 0 Å². The Morgan fingerprint density at radius 3 is 2.14 bits per heavy atom. The van der Waals surface area contributed by atoms with Crippen molar-refractivity contribution in [1.82, 2.24) is 9.78 Å². The number of nitrogens with zero attached hydrogens (tertiary/aromatic N) is 3. The first-order chi connectivity index (χ1) is 17.2. The first kappa shape index (κ1) is 24.5. The number of alkyl halides is 3. The van der Waals surface area contributed by atoms with Crippen LogP contribution in [0.4, 0.5) is 18.9 Å². The van der Waals surface area contributed by atoms with Crippen molar-refractivity contribution in [1.29, 1.82) is 0 Å². The number of hydrogen-bond acceptors (Lipinski definition) is 6. The minimum atomic E-state index is -4.62. The van der Waals surface area contributed by atoms with E-state index in [1.807, 2.05) is 0 Å². The minimum Gasteiger partial charge on any atom is -0.465 e. The highest BCUT2D eigenvalue weighted by Gasteiger charge is 2.35. The average molecular weight is 495 g/mol. The van der Waals surface area contributed by atoms with Gasteiger partial charge in [-0.15, -0.1) is 0 Å². The molecule has 0 saturated heterocycles. The first-order valence-corrected chi connectivity index (χ1v) is 10.6. The van der Waals surface area contributed by atoms with Crippen molar-refractivity contribution in [3.63, 3.8) is 0 Å². The number of carbonyl (C=O) groups is 2. The van der Waals surface area contributed by atoms with Crippen LogP contribution in [-0.2, 0) is 25.2 Å². The molecule has 1 aliphatic heterocycles. The molecule has 0 saturated carbocycles. The van der Waals surface area contributed by atoms with Crippen LogP contribution in [0.15, 0.2) is 96.4 Å². The van der Waals surface area contributed by atoms with E-state index in [1.54, 1.807) is 72.9 Å². The molecule has 4 rings (SSSR count). The number of esters is 2. The second-order valence-corrected chi connectivity index (χ2v) is 7.52. The quantitative estimate of drug-likeness (QED) is 0.462. The van der Waals surface area contributed by atoms with Gasteiger partial charge in [0, 0.05) is 17.5 Å². The lowest BCUT2D eigenvalue weighted by Gasteiger charge is -2.23. The van der Waals surface area contributed by atoms with Gasteiger partial charge in [0.15, 0.2) is 5.69 Å². The van der Waals surface area contributed by atoms with E-state index in [2.05, 4.69) is 5.10 Å². The van der Waals surface area contributed by atoms with Crippen LogP contribution in [0.2, 0.25) is 0 Å². The van der Waals surface area contributed by atoms with E-state index in [0.717, 1.165) is 6.07 Å². The van der Waals surface area contributed by atoms with Crippen molar-refractivity contribution in [2.75, 3.05) is 19.1 Å². The topological polar surface area (TPSA) is 73.7 Å². The van der Waals surface area contributed by atoms with Gasteiger partial charge in [-0.3, -0.25) is 0 Å². The smallest absolute Gasteiger partial charge is 0.435 e. The van der Waals surface area contributed by atoms with Gasteiger partial charge in [0.1, 0.15) is 5.70 Å². The lowest BCUT2D eigenvalue weighted by molar-refractivity contribution is -0.141. The Bertz CT molecular complexity index is 1370. The van der Waals surface area contributed by atoms with E-state index in [0.29, 0.717) is 16.9 Å². The van der Waals surface area contributed by atoms with Crippen LogP contribution in [0.3, 0.4) is 0 Å². The molecule has 0 fully saturated rings. The fraction of sp³-hybridized carbons (Fsp3) is 0.115. The van der Waals surface area contributed by atoms with E-state index in [9.17, 15) is 22.8 Å². The van der Waals surface area contributed by atoms with Crippen LogP contribution in [0, 0.1) is 0 Å². The molecule has 0 aliphatic carbocycles. The molecular formula is C26H20F3N3O4. The molecule has 36 heavy (non-hydrogen) atoms. The van der Waals surface area contributed by atoms with Crippen LogP contribution in [0.1, 0.15) is 5.69 Å². The lowest BCUT2D eigenvalue weighted by Crippen LogP contribution is -2.26. The summed E-state index contributed by atoms with van der Waals surface area (Å²) in [5.74, 6) is -1.50. The summed E-state index contributed by atoms with van der Waals surface area (Å²) < 4.78 is 51.3. The third-order valence-corrected chi connectivity index (χ3v) is 5.33. The molecule has 10 heteroatoms. The van der Waals surface area contributed by atoms with Crippen molar-refractivity contribution in [2.24, 2.45) is 0 Å². The molecule has 0 N–H and O–H groups in total. The van der Waals surface area contributed by atoms with E-state index in [-0.39, 0.29) is 17.0 Å². The Labute approximate surface area is 204 Å². The summed E-state index contributed by atoms with van der Waals surface area (Å²) in [7, 11) is 2.38. The average Bonchev–Trinajstić information content (AvgIpc) is 3.23. The molecule has 1 aromatic heterocycles. The SMILES string of the molecule is COC(=O)C1=C(C(=O)OC)N(c2ccc(-c3cc(C(F)(F)F)nn3-c3ccccc3)cc2)C=CC=C1. The number of hydrogen-bond donors (Lipinski definition) is 0. The van der Waals surface area contributed by atoms with Crippen molar-refractivity contribution in [3.05, 3.63) is 102 Å². The van der Waals surface area contributed by atoms with Crippen LogP contribution in [0.25, 0.3) is 16.9 Å². The van der Waals surface area contributed by atoms with Crippen LogP contribution >= 0.6 is 0 Å². The van der Waals surface area contributed by atoms with Gasteiger partial charge in [0.05, 0.1) is 31.2 Å². The van der Waals surface area contributed by atoms with Gasteiger partial charge in [0.2, 0.25) is 0 Å². The Kier molecular flexibility index (Phi) is 6.77. The molecule has 1 aliphatic rings. The molecule has 0 unspecified atom stereocenters. The molecule has 0 atom stereocenters. The van der Waals surface area contributed by atoms with Crippen LogP contribution < -0.4 is 4.90 Å². The Hall–Kier alpha value is -4.60. The summed E-state index contributed by atoms with van der Waals surface area (Å²) >= 11 is 0. The number of benzene rings is 2. The summed E-state index contributed by atoms with van der Waals surface area (Å²) in [6.07, 6.45) is 1.56. The molecular weight excluding hydrogens is 475 g/mol. The molecule has 2 aromatic carbocycles. The molecule has 0 spiro atoms. The third-order valence-electron chi connectivity index (χ3n) is 5.33. The van der Waals surface area contributed by atoms with Gasteiger partial charge in [-0.2, -0.15) is 18.3 Å². The number of methoxy groups -OCH3 is 2. The number of ether oxygens (including phenoxy) is 2. The summed E-state index contributed by atoms with van der Waals surface area (Å²) in [5.41, 5.74) is 0.498. The van der Waals surface area contributed by atoms with Gasteiger partial charge < -0.3 is 14.4 Å². The van der Waals surface area contributed by atoms with Gasteiger partial charge in [-0.05, 0) is 42.5 Å². The fourth-order valence-corrected chi connectivity index (χ4v) is 3.65. The highest BCUT2D eigenvalue weighted by atomic mass is 19.4. The Morgan fingerprint density at radius 1 is 0.861 bits per heavy atom. The first-order valence-electron chi connectivity index (χ1n) is 10.6. The number of carbonyl (C=O) groups excluding carboxylic acids is 2. The van der Waals surface area contributed by atoms with Gasteiger partial charge >= 0.3 is 18.1 Å². The number of aromatic nitrogens is 2. The lowest BCUT2D eigenvalue weighted by atomic mass is 10.1. The molecule has 3 aromatic rings. The summed E-state index contributed by atoms with van der Waals surface area (Å²) in [6, 6.07) is 15.9. The van der Waals surface area contributed by atoms with E-state index in [4.69, 9.17) is 9.47 Å². The second kappa shape index (κ2) is 9.95. The maximum absolute atomic E-state index is 13.5. The van der Waals surface area contributed by atoms with E-state index >= 15 is 0 Å². The van der Waals surface area contributed by atoms with Crippen LogP contribution in [-0.4, -0.2) is 35.9 Å². The Morgan fingerprint density at radius 2 is 1.53 bits per heavy atom. The fourth-order valence-electron chi connectivity index (χ4n) is 3.65. The largest absolute Gasteiger partial charge is 0.465 e. The molecule has 7 nitrogen and oxygen atoms in total. The number of halogens is 3. The molecule has 2 heterocycles. The predicted molar refractivity (Wildman–Crippen MR) is 126 cm³/mol. The van der Waals surface area contributed by atoms with Crippen molar-refractivity contribution in [2.45, 2.75) is 6.18 Å². The van der Waals surface area contributed by atoms with E-state index in [1.165, 1.54) is 29.9 Å². The number of allylic oxidation sites excluding steroid dienone is 2. The third kappa shape index (κ3) is 4.78. The molecule has 184 valence electrons. The number of para-hydroxylation sites is 1. The van der Waals surface area contributed by atoms with Gasteiger partial charge in [-0.25, -0.2) is 14.3 Å². The molecule has 0 bridgehead atoms. The normalized spacial score (nSPS) is 13.5. The standard InChI is InChI=1S/C26H20F3N3O4/c1-35-24(33)20-10-6-7-15-31(23(20)25(34)36-2)18-13-11-17(12-14-18)21-16-22(26(27,28)29)30-32(21)19-8-4-3-5-9-19/h3-16H,1-2H3. The highest BCUT2D eigenvalue weighted by Crippen LogP contribution is 2.34. The van der Waals surface area contributed by atoms with Gasteiger partial charge in [0.25, 0.3) is 0 Å². The zero-order chi connectivity index (χ0) is 25.9. The maximum Gasteiger partial charge on any atom is 0.435 e. The summed E-state index contributed by atoms with van der Waals surface area (Å²) in [5, 5.41) is 3.78. The van der Waals surface area contributed by atoms with Crippen molar-refractivity contribution >= 4 is 17.6 Å². The maximum atomic E-state index is 13.5. The van der Waals surface area contributed by atoms with Gasteiger partial charge in [-0.1, -0.05) is 36.4 Å². The predicted octanol–water partition coefficient (Wildman–Crippen LogP) is 5.05. The zero-order valence-electron chi connectivity index (χ0n) is 19.2. The number of rotatable bonds is 5. The Balaban J connectivity index is 1.80. The van der Waals surface area contributed by atoms with Crippen molar-refractivity contribution < 1.29 is 32.2 Å². The summed E-state index contributed by atoms with van der Waals surface area (Å²) in [6.45, 7) is 0. The highest BCUT2D eigenvalue weighted by molar-refractivity contribution is 6.05. The minimum absolute atomic E-state index is 0.0181. The zero-order valence-corrected chi connectivity index (χ0v) is 19.2. The molecule has 0 radical (unpaired) electrons. The molecule has 0 amide bonds.